The summed E-state index contributed by atoms with van der Waals surface area (Å²) in [4.78, 5) is 17.0. The summed E-state index contributed by atoms with van der Waals surface area (Å²) < 4.78 is 6.53. The van der Waals surface area contributed by atoms with Crippen molar-refractivity contribution < 1.29 is 9.53 Å². The van der Waals surface area contributed by atoms with Gasteiger partial charge in [0.05, 0.1) is 20.6 Å². The Morgan fingerprint density at radius 3 is 2.86 bits per heavy atom. The molecule has 0 aliphatic carbocycles. The first-order valence-electron chi connectivity index (χ1n) is 7.64. The van der Waals surface area contributed by atoms with Gasteiger partial charge in [-0.15, -0.1) is 11.3 Å². The fraction of sp³-hybridized carbons (Fsp3) is 0.500. The molecule has 6 heteroatoms. The molecule has 1 amide bonds. The van der Waals surface area contributed by atoms with E-state index in [1.165, 1.54) is 4.70 Å². The number of fused-ring (bicyclic) bond motifs is 1. The third-order valence-electron chi connectivity index (χ3n) is 4.28. The molecule has 1 fully saturated rings. The first-order valence-corrected chi connectivity index (χ1v) is 8.46. The van der Waals surface area contributed by atoms with Crippen LogP contribution in [0.25, 0.3) is 10.2 Å². The molecular weight excluding hydrogens is 298 g/mol. The van der Waals surface area contributed by atoms with Gasteiger partial charge in [0.1, 0.15) is 0 Å². The summed E-state index contributed by atoms with van der Waals surface area (Å²) in [5.74, 6) is 0.0550. The van der Waals surface area contributed by atoms with Gasteiger partial charge in [-0.3, -0.25) is 4.79 Å². The third kappa shape index (κ3) is 3.14. The van der Waals surface area contributed by atoms with Crippen molar-refractivity contribution in [3.8, 4) is 0 Å². The number of hydrogen-bond acceptors (Lipinski definition) is 5. The number of thiazole rings is 1. The number of nitrogens with one attached hydrogen (secondary N) is 1. The van der Waals surface area contributed by atoms with Crippen molar-refractivity contribution in [3.63, 3.8) is 0 Å². The van der Waals surface area contributed by atoms with Gasteiger partial charge < -0.3 is 15.8 Å². The lowest BCUT2D eigenvalue weighted by molar-refractivity contribution is -0.135. The van der Waals surface area contributed by atoms with Gasteiger partial charge in [-0.25, -0.2) is 4.98 Å². The molecule has 118 valence electrons. The molecule has 0 spiro atoms. The molecule has 0 bridgehead atoms. The smallest absolute Gasteiger partial charge is 0.227 e. The summed E-state index contributed by atoms with van der Waals surface area (Å²) in [7, 11) is 0. The minimum atomic E-state index is -0.453. The van der Waals surface area contributed by atoms with Crippen LogP contribution in [-0.2, 0) is 16.0 Å². The minimum Gasteiger partial charge on any atom is -0.381 e. The quantitative estimate of drug-likeness (QED) is 0.879. The number of carbonyl (C=O) groups is 1. The summed E-state index contributed by atoms with van der Waals surface area (Å²) in [6, 6.07) is 8.09. The monoisotopic (exact) mass is 319 g/mol. The third-order valence-corrected chi connectivity index (χ3v) is 5.38. The Balaban J connectivity index is 1.56. The molecule has 1 aromatic heterocycles. The highest BCUT2D eigenvalue weighted by Crippen LogP contribution is 2.29. The molecular formula is C16H21N3O2S. The Hall–Kier alpha value is -1.50. The summed E-state index contributed by atoms with van der Waals surface area (Å²) >= 11 is 1.68. The van der Waals surface area contributed by atoms with Crippen LogP contribution < -0.4 is 11.1 Å². The molecule has 1 aliphatic rings. The van der Waals surface area contributed by atoms with Crippen LogP contribution in [0.3, 0.4) is 0 Å². The van der Waals surface area contributed by atoms with Crippen molar-refractivity contribution in [1.29, 1.82) is 0 Å². The van der Waals surface area contributed by atoms with Crippen molar-refractivity contribution in [2.24, 2.45) is 11.1 Å². The van der Waals surface area contributed by atoms with Crippen LogP contribution in [0.15, 0.2) is 24.3 Å². The number of nitrogens with two attached hydrogens (primary N) is 1. The standard InChI is InChI=1S/C16H21N3O2S/c17-11-16(6-9-21-10-7-16)15(20)18-8-5-14-19-12-3-1-2-4-13(12)22-14/h1-4H,5-11,17H2,(H,18,20). The van der Waals surface area contributed by atoms with Crippen molar-refractivity contribution >= 4 is 27.5 Å². The van der Waals surface area contributed by atoms with Gasteiger partial charge in [0.2, 0.25) is 5.91 Å². The van der Waals surface area contributed by atoms with E-state index in [9.17, 15) is 4.79 Å². The zero-order chi connectivity index (χ0) is 15.4. The van der Waals surface area contributed by atoms with E-state index in [-0.39, 0.29) is 5.91 Å². The first kappa shape index (κ1) is 15.4. The molecule has 1 aliphatic heterocycles. The molecule has 0 radical (unpaired) electrons. The van der Waals surface area contributed by atoms with Crippen molar-refractivity contribution in [2.45, 2.75) is 19.3 Å². The maximum atomic E-state index is 12.4. The van der Waals surface area contributed by atoms with Crippen LogP contribution in [0.5, 0.6) is 0 Å². The Morgan fingerprint density at radius 2 is 2.14 bits per heavy atom. The Kier molecular flexibility index (Phi) is 4.71. The number of carbonyl (C=O) groups excluding carboxylic acids is 1. The molecule has 0 saturated carbocycles. The molecule has 2 aromatic rings. The highest BCUT2D eigenvalue weighted by Gasteiger charge is 2.38. The van der Waals surface area contributed by atoms with Gasteiger partial charge in [-0.1, -0.05) is 12.1 Å². The van der Waals surface area contributed by atoms with Gasteiger partial charge >= 0.3 is 0 Å². The number of ether oxygens (including phenoxy) is 1. The van der Waals surface area contributed by atoms with Crippen LogP contribution in [0, 0.1) is 5.41 Å². The van der Waals surface area contributed by atoms with E-state index >= 15 is 0 Å². The van der Waals surface area contributed by atoms with E-state index < -0.39 is 5.41 Å². The molecule has 2 heterocycles. The highest BCUT2D eigenvalue weighted by atomic mass is 32.1. The number of rotatable bonds is 5. The molecule has 0 atom stereocenters. The van der Waals surface area contributed by atoms with Crippen LogP contribution in [0.2, 0.25) is 0 Å². The molecule has 1 aromatic carbocycles. The number of amides is 1. The second kappa shape index (κ2) is 6.73. The summed E-state index contributed by atoms with van der Waals surface area (Å²) in [6.45, 7) is 2.20. The number of para-hydroxylation sites is 1. The zero-order valence-electron chi connectivity index (χ0n) is 12.5. The average molecular weight is 319 g/mol. The van der Waals surface area contributed by atoms with Gasteiger partial charge in [-0.2, -0.15) is 0 Å². The molecule has 3 rings (SSSR count). The van der Waals surface area contributed by atoms with Crippen molar-refractivity contribution in [2.75, 3.05) is 26.3 Å². The molecule has 0 unspecified atom stereocenters. The number of aromatic nitrogens is 1. The van der Waals surface area contributed by atoms with E-state index in [1.807, 2.05) is 18.2 Å². The molecule has 3 N–H and O–H groups in total. The summed E-state index contributed by atoms with van der Waals surface area (Å²) in [6.07, 6.45) is 2.16. The first-order chi connectivity index (χ1) is 10.7. The maximum Gasteiger partial charge on any atom is 0.227 e. The lowest BCUT2D eigenvalue weighted by Gasteiger charge is -2.34. The summed E-state index contributed by atoms with van der Waals surface area (Å²) in [5.41, 5.74) is 6.42. The lowest BCUT2D eigenvalue weighted by atomic mass is 9.79. The SMILES string of the molecule is NCC1(C(=O)NCCc2nc3ccccc3s2)CCOCC1. The fourth-order valence-corrected chi connectivity index (χ4v) is 3.75. The number of hydrogen-bond donors (Lipinski definition) is 2. The maximum absolute atomic E-state index is 12.4. The van der Waals surface area contributed by atoms with Crippen LogP contribution in [0.1, 0.15) is 17.8 Å². The predicted octanol–water partition coefficient (Wildman–Crippen LogP) is 1.71. The number of nitrogens with zero attached hydrogens (tertiary/aromatic N) is 1. The average Bonchev–Trinajstić information content (AvgIpc) is 2.98. The second-order valence-corrected chi connectivity index (χ2v) is 6.79. The molecule has 5 nitrogen and oxygen atoms in total. The number of benzene rings is 1. The van der Waals surface area contributed by atoms with Crippen molar-refractivity contribution in [3.05, 3.63) is 29.3 Å². The highest BCUT2D eigenvalue weighted by molar-refractivity contribution is 7.18. The Bertz CT molecular complexity index is 617. The van der Waals surface area contributed by atoms with E-state index in [2.05, 4.69) is 16.4 Å². The fourth-order valence-electron chi connectivity index (χ4n) is 2.78. The molecule has 22 heavy (non-hydrogen) atoms. The van der Waals surface area contributed by atoms with Crippen LogP contribution in [0.4, 0.5) is 0 Å². The van der Waals surface area contributed by atoms with E-state index in [0.717, 1.165) is 16.9 Å². The largest absolute Gasteiger partial charge is 0.381 e. The Labute approximate surface area is 133 Å². The minimum absolute atomic E-state index is 0.0550. The van der Waals surface area contributed by atoms with E-state index in [0.29, 0.717) is 39.1 Å². The lowest BCUT2D eigenvalue weighted by Crippen LogP contribution is -2.49. The zero-order valence-corrected chi connectivity index (χ0v) is 13.3. The summed E-state index contributed by atoms with van der Waals surface area (Å²) in [5, 5.41) is 4.08. The van der Waals surface area contributed by atoms with Crippen LogP contribution >= 0.6 is 11.3 Å². The van der Waals surface area contributed by atoms with Gasteiger partial charge in [0.15, 0.2) is 0 Å². The van der Waals surface area contributed by atoms with Gasteiger partial charge in [-0.05, 0) is 25.0 Å². The Morgan fingerprint density at radius 1 is 1.36 bits per heavy atom. The topological polar surface area (TPSA) is 77.2 Å². The van der Waals surface area contributed by atoms with Crippen molar-refractivity contribution in [1.82, 2.24) is 10.3 Å². The van der Waals surface area contributed by atoms with E-state index in [1.54, 1.807) is 11.3 Å². The van der Waals surface area contributed by atoms with Gasteiger partial charge in [0.25, 0.3) is 0 Å². The predicted molar refractivity (Wildman–Crippen MR) is 87.9 cm³/mol. The normalized spacial score (nSPS) is 17.5. The second-order valence-electron chi connectivity index (χ2n) is 5.68. The molecule has 1 saturated heterocycles. The van der Waals surface area contributed by atoms with Gasteiger partial charge in [0, 0.05) is 32.7 Å². The van der Waals surface area contributed by atoms with E-state index in [4.69, 9.17) is 10.5 Å². The van der Waals surface area contributed by atoms with Crippen LogP contribution in [-0.4, -0.2) is 37.2 Å².